The number of carbonyl (C=O) groups is 2. The van der Waals surface area contributed by atoms with Crippen LogP contribution in [0.25, 0.3) is 0 Å². The lowest BCUT2D eigenvalue weighted by Crippen LogP contribution is -2.43. The van der Waals surface area contributed by atoms with Crippen LogP contribution in [0.15, 0.2) is 12.1 Å². The molecule has 118 valence electrons. The predicted octanol–water partition coefficient (Wildman–Crippen LogP) is 1.47. The maximum Gasteiger partial charge on any atom is 0.261 e. The first-order valence-corrected chi connectivity index (χ1v) is 7.14. The number of benzene rings is 1. The van der Waals surface area contributed by atoms with Gasteiger partial charge < -0.3 is 15.0 Å². The summed E-state index contributed by atoms with van der Waals surface area (Å²) in [4.78, 5) is 25.9. The number of ether oxygens (including phenoxy) is 1. The smallest absolute Gasteiger partial charge is 0.261 e. The summed E-state index contributed by atoms with van der Waals surface area (Å²) in [6, 6.07) is 1.67. The number of amides is 2. The SMILES string of the molecule is COc1ccc(F)c(F)c1C(=O)N1[C@@H]2CC[C@H]1CNC(=O)C2. The molecule has 2 atom stereocenters. The Balaban J connectivity index is 2.01. The number of carbonyl (C=O) groups excluding carboxylic acids is 2. The lowest BCUT2D eigenvalue weighted by atomic mass is 10.1. The summed E-state index contributed by atoms with van der Waals surface area (Å²) in [5.74, 6) is -3.07. The zero-order valence-electron chi connectivity index (χ0n) is 12.1. The van der Waals surface area contributed by atoms with Gasteiger partial charge in [-0.05, 0) is 25.0 Å². The van der Waals surface area contributed by atoms with E-state index in [1.807, 2.05) is 0 Å². The maximum absolute atomic E-state index is 14.1. The first-order chi connectivity index (χ1) is 10.5. The number of fused-ring (bicyclic) bond motifs is 2. The van der Waals surface area contributed by atoms with Crippen LogP contribution in [0.4, 0.5) is 8.78 Å². The maximum atomic E-state index is 14.1. The average Bonchev–Trinajstić information content (AvgIpc) is 2.80. The second kappa shape index (κ2) is 5.55. The standard InChI is InChI=1S/C15H16F2N2O3/c1-22-11-5-4-10(16)14(17)13(11)15(21)19-8-2-3-9(19)7-18-12(20)6-8/h4-5,8-9H,2-3,6-7H2,1H3,(H,18,20)/t8-,9+/m1/s1. The van der Waals surface area contributed by atoms with Crippen molar-refractivity contribution in [2.45, 2.75) is 31.3 Å². The zero-order valence-corrected chi connectivity index (χ0v) is 12.1. The van der Waals surface area contributed by atoms with E-state index >= 15 is 0 Å². The molecule has 22 heavy (non-hydrogen) atoms. The lowest BCUT2D eigenvalue weighted by Gasteiger charge is -2.28. The molecule has 0 unspecified atom stereocenters. The molecule has 1 aromatic rings. The van der Waals surface area contributed by atoms with Gasteiger partial charge in [0.15, 0.2) is 11.6 Å². The van der Waals surface area contributed by atoms with E-state index in [9.17, 15) is 18.4 Å². The van der Waals surface area contributed by atoms with Gasteiger partial charge in [0.05, 0.1) is 7.11 Å². The van der Waals surface area contributed by atoms with E-state index in [0.29, 0.717) is 13.0 Å². The third kappa shape index (κ3) is 2.30. The van der Waals surface area contributed by atoms with E-state index in [0.717, 1.165) is 12.5 Å². The minimum atomic E-state index is -1.22. The predicted molar refractivity (Wildman–Crippen MR) is 73.5 cm³/mol. The second-order valence-corrected chi connectivity index (χ2v) is 5.54. The molecule has 0 spiro atoms. The number of methoxy groups -OCH3 is 1. The van der Waals surface area contributed by atoms with Crippen LogP contribution in [-0.2, 0) is 4.79 Å². The Bertz CT molecular complexity index is 635. The quantitative estimate of drug-likeness (QED) is 0.900. The molecule has 0 aliphatic carbocycles. The summed E-state index contributed by atoms with van der Waals surface area (Å²) < 4.78 is 32.6. The van der Waals surface area contributed by atoms with Gasteiger partial charge >= 0.3 is 0 Å². The molecule has 2 heterocycles. The van der Waals surface area contributed by atoms with Crippen molar-refractivity contribution in [1.29, 1.82) is 0 Å². The fourth-order valence-electron chi connectivity index (χ4n) is 3.24. The van der Waals surface area contributed by atoms with Crippen LogP contribution in [0, 0.1) is 11.6 Å². The number of halogens is 2. The van der Waals surface area contributed by atoms with Crippen molar-refractivity contribution in [3.63, 3.8) is 0 Å². The van der Waals surface area contributed by atoms with Gasteiger partial charge in [-0.25, -0.2) is 8.78 Å². The molecule has 2 bridgehead atoms. The third-order valence-corrected chi connectivity index (χ3v) is 4.30. The summed E-state index contributed by atoms with van der Waals surface area (Å²) in [6.07, 6.45) is 1.60. The van der Waals surface area contributed by atoms with Gasteiger partial charge in [-0.1, -0.05) is 0 Å². The normalized spacial score (nSPS) is 24.0. The first kappa shape index (κ1) is 14.7. The van der Waals surface area contributed by atoms with Crippen LogP contribution in [0.3, 0.4) is 0 Å². The minimum absolute atomic E-state index is 0.00756. The highest BCUT2D eigenvalue weighted by Gasteiger charge is 2.42. The van der Waals surface area contributed by atoms with Crippen molar-refractivity contribution in [2.75, 3.05) is 13.7 Å². The molecule has 0 saturated carbocycles. The average molecular weight is 310 g/mol. The summed E-state index contributed by atoms with van der Waals surface area (Å²) >= 11 is 0. The molecule has 2 saturated heterocycles. The van der Waals surface area contributed by atoms with Crippen molar-refractivity contribution in [2.24, 2.45) is 0 Å². The first-order valence-electron chi connectivity index (χ1n) is 7.14. The number of nitrogens with one attached hydrogen (secondary N) is 1. The Morgan fingerprint density at radius 3 is 2.77 bits per heavy atom. The highest BCUT2D eigenvalue weighted by molar-refractivity contribution is 5.98. The molecule has 0 aromatic heterocycles. The molecule has 5 nitrogen and oxygen atoms in total. The van der Waals surface area contributed by atoms with Crippen LogP contribution in [0.1, 0.15) is 29.6 Å². The Kier molecular flexibility index (Phi) is 3.72. The molecule has 2 amide bonds. The Morgan fingerprint density at radius 1 is 1.32 bits per heavy atom. The van der Waals surface area contributed by atoms with Crippen LogP contribution >= 0.6 is 0 Å². The number of hydrogen-bond acceptors (Lipinski definition) is 3. The van der Waals surface area contributed by atoms with Gasteiger partial charge in [0.25, 0.3) is 5.91 Å². The van der Waals surface area contributed by atoms with Gasteiger partial charge in [0.1, 0.15) is 11.3 Å². The van der Waals surface area contributed by atoms with Gasteiger partial charge in [0, 0.05) is 25.0 Å². The van der Waals surface area contributed by atoms with Crippen LogP contribution < -0.4 is 10.1 Å². The van der Waals surface area contributed by atoms with Gasteiger partial charge in [-0.3, -0.25) is 9.59 Å². The summed E-state index contributed by atoms with van der Waals surface area (Å²) in [7, 11) is 1.30. The fraction of sp³-hybridized carbons (Fsp3) is 0.467. The van der Waals surface area contributed by atoms with Crippen molar-refractivity contribution < 1.29 is 23.1 Å². The molecule has 3 rings (SSSR count). The van der Waals surface area contributed by atoms with E-state index in [1.165, 1.54) is 18.1 Å². The number of hydrogen-bond donors (Lipinski definition) is 1. The van der Waals surface area contributed by atoms with Gasteiger partial charge in [-0.2, -0.15) is 0 Å². The van der Waals surface area contributed by atoms with Crippen LogP contribution in [-0.4, -0.2) is 42.5 Å². The second-order valence-electron chi connectivity index (χ2n) is 5.54. The van der Waals surface area contributed by atoms with Crippen molar-refractivity contribution >= 4 is 11.8 Å². The molecule has 1 N–H and O–H groups in total. The highest BCUT2D eigenvalue weighted by Crippen LogP contribution is 2.33. The molecule has 7 heteroatoms. The molecular weight excluding hydrogens is 294 g/mol. The molecule has 1 aromatic carbocycles. The number of rotatable bonds is 2. The molecule has 2 aliphatic rings. The van der Waals surface area contributed by atoms with Crippen LogP contribution in [0.5, 0.6) is 5.75 Å². The van der Waals surface area contributed by atoms with E-state index < -0.39 is 23.1 Å². The molecular formula is C15H16F2N2O3. The summed E-state index contributed by atoms with van der Waals surface area (Å²) in [5.41, 5.74) is -0.409. The van der Waals surface area contributed by atoms with Crippen molar-refractivity contribution in [3.05, 3.63) is 29.3 Å². The van der Waals surface area contributed by atoms with E-state index in [-0.39, 0.29) is 30.2 Å². The van der Waals surface area contributed by atoms with Gasteiger partial charge in [-0.15, -0.1) is 0 Å². The summed E-state index contributed by atoms with van der Waals surface area (Å²) in [6.45, 7) is 0.334. The van der Waals surface area contributed by atoms with E-state index in [1.54, 1.807) is 0 Å². The minimum Gasteiger partial charge on any atom is -0.496 e. The van der Waals surface area contributed by atoms with Crippen molar-refractivity contribution in [3.8, 4) is 5.75 Å². The zero-order chi connectivity index (χ0) is 15.9. The Morgan fingerprint density at radius 2 is 2.05 bits per heavy atom. The number of nitrogens with zero attached hydrogens (tertiary/aromatic N) is 1. The highest BCUT2D eigenvalue weighted by atomic mass is 19.2. The van der Waals surface area contributed by atoms with Gasteiger partial charge in [0.2, 0.25) is 5.91 Å². The molecule has 2 fully saturated rings. The van der Waals surface area contributed by atoms with E-state index in [2.05, 4.69) is 5.32 Å². The van der Waals surface area contributed by atoms with Crippen molar-refractivity contribution in [1.82, 2.24) is 10.2 Å². The molecule has 2 aliphatic heterocycles. The fourth-order valence-corrected chi connectivity index (χ4v) is 3.24. The Hall–Kier alpha value is -2.18. The Labute approximate surface area is 126 Å². The lowest BCUT2D eigenvalue weighted by molar-refractivity contribution is -0.121. The summed E-state index contributed by atoms with van der Waals surface area (Å²) in [5, 5.41) is 2.73. The molecule has 0 radical (unpaired) electrons. The third-order valence-electron chi connectivity index (χ3n) is 4.30. The van der Waals surface area contributed by atoms with E-state index in [4.69, 9.17) is 4.74 Å². The monoisotopic (exact) mass is 310 g/mol. The topological polar surface area (TPSA) is 58.6 Å². The largest absolute Gasteiger partial charge is 0.496 e. The van der Waals surface area contributed by atoms with Crippen LogP contribution in [0.2, 0.25) is 0 Å².